The van der Waals surface area contributed by atoms with Crippen molar-refractivity contribution in [3.05, 3.63) is 66.6 Å². The summed E-state index contributed by atoms with van der Waals surface area (Å²) in [7, 11) is -3.42. The lowest BCUT2D eigenvalue weighted by atomic mass is 10.1. The third-order valence-corrected chi connectivity index (χ3v) is 5.61. The van der Waals surface area contributed by atoms with Gasteiger partial charge in [0, 0.05) is 22.5 Å². The highest BCUT2D eigenvalue weighted by molar-refractivity contribution is 7.93. The third kappa shape index (κ3) is 4.53. The molecule has 3 aromatic rings. The molecule has 0 aliphatic heterocycles. The van der Waals surface area contributed by atoms with Crippen molar-refractivity contribution in [1.29, 1.82) is 0 Å². The van der Waals surface area contributed by atoms with Crippen LogP contribution in [0.15, 0.2) is 65.4 Å². The van der Waals surface area contributed by atoms with Gasteiger partial charge in [0.2, 0.25) is 15.9 Å². The Labute approximate surface area is 157 Å². The van der Waals surface area contributed by atoms with Gasteiger partial charge in [-0.15, -0.1) is 0 Å². The number of nitrogens with one attached hydrogen (secondary N) is 2. The highest BCUT2D eigenvalue weighted by atomic mass is 32.2. The standard InChI is InChI=1S/C19H19N3O4S/c1-13(2)27(24,25)22-17-9-3-14(4-10-17)18(23)21-16-7-5-15(6-8-16)19-20-11-12-26-19/h3-13,22H,1-2H3,(H,21,23). The fourth-order valence-electron chi connectivity index (χ4n) is 2.24. The van der Waals surface area contributed by atoms with Gasteiger partial charge in [0.25, 0.3) is 5.91 Å². The lowest BCUT2D eigenvalue weighted by Crippen LogP contribution is -2.22. The maximum absolute atomic E-state index is 12.4. The average Bonchev–Trinajstić information content (AvgIpc) is 3.17. The second-order valence-corrected chi connectivity index (χ2v) is 8.38. The van der Waals surface area contributed by atoms with E-state index in [0.29, 0.717) is 22.8 Å². The number of sulfonamides is 1. The Balaban J connectivity index is 1.66. The van der Waals surface area contributed by atoms with Crippen molar-refractivity contribution in [2.45, 2.75) is 19.1 Å². The molecular weight excluding hydrogens is 366 g/mol. The van der Waals surface area contributed by atoms with Crippen LogP contribution in [0.3, 0.4) is 0 Å². The molecule has 2 aromatic carbocycles. The van der Waals surface area contributed by atoms with Crippen molar-refractivity contribution in [3.63, 3.8) is 0 Å². The molecular formula is C19H19N3O4S. The van der Waals surface area contributed by atoms with Crippen molar-refractivity contribution in [2.24, 2.45) is 0 Å². The third-order valence-electron chi connectivity index (χ3n) is 3.85. The molecule has 0 saturated carbocycles. The van der Waals surface area contributed by atoms with E-state index in [1.165, 1.54) is 6.26 Å². The van der Waals surface area contributed by atoms with Gasteiger partial charge < -0.3 is 9.73 Å². The molecule has 1 amide bonds. The zero-order valence-corrected chi connectivity index (χ0v) is 15.7. The van der Waals surface area contributed by atoms with E-state index >= 15 is 0 Å². The second-order valence-electron chi connectivity index (χ2n) is 6.14. The highest BCUT2D eigenvalue weighted by Gasteiger charge is 2.15. The van der Waals surface area contributed by atoms with E-state index in [9.17, 15) is 13.2 Å². The summed E-state index contributed by atoms with van der Waals surface area (Å²) in [5.74, 6) is 0.212. The molecule has 7 nitrogen and oxygen atoms in total. The number of amides is 1. The van der Waals surface area contributed by atoms with Gasteiger partial charge in [-0.25, -0.2) is 13.4 Å². The van der Waals surface area contributed by atoms with E-state index in [2.05, 4.69) is 15.0 Å². The fraction of sp³-hybridized carbons (Fsp3) is 0.158. The van der Waals surface area contributed by atoms with E-state index in [1.807, 2.05) is 0 Å². The minimum atomic E-state index is -3.42. The number of benzene rings is 2. The van der Waals surface area contributed by atoms with E-state index in [1.54, 1.807) is 68.6 Å². The zero-order valence-electron chi connectivity index (χ0n) is 14.8. The molecule has 0 spiro atoms. The summed E-state index contributed by atoms with van der Waals surface area (Å²) in [5, 5.41) is 2.25. The number of hydrogen-bond donors (Lipinski definition) is 2. The van der Waals surface area contributed by atoms with Crippen LogP contribution in [-0.4, -0.2) is 24.6 Å². The summed E-state index contributed by atoms with van der Waals surface area (Å²) < 4.78 is 31.4. The Morgan fingerprint density at radius 3 is 2.19 bits per heavy atom. The lowest BCUT2D eigenvalue weighted by Gasteiger charge is -2.11. The zero-order chi connectivity index (χ0) is 19.4. The summed E-state index contributed by atoms with van der Waals surface area (Å²) >= 11 is 0. The summed E-state index contributed by atoms with van der Waals surface area (Å²) in [6.07, 6.45) is 3.06. The number of oxazole rings is 1. The molecule has 0 unspecified atom stereocenters. The van der Waals surface area contributed by atoms with Crippen LogP contribution in [-0.2, 0) is 10.0 Å². The smallest absolute Gasteiger partial charge is 0.255 e. The molecule has 0 fully saturated rings. The number of anilines is 2. The molecule has 140 valence electrons. The normalized spacial score (nSPS) is 11.4. The maximum atomic E-state index is 12.4. The lowest BCUT2D eigenvalue weighted by molar-refractivity contribution is 0.102. The van der Waals surface area contributed by atoms with E-state index in [4.69, 9.17) is 4.42 Å². The number of nitrogens with zero attached hydrogens (tertiary/aromatic N) is 1. The van der Waals surface area contributed by atoms with Crippen LogP contribution < -0.4 is 10.0 Å². The first kappa shape index (κ1) is 18.7. The molecule has 1 aromatic heterocycles. The molecule has 0 bridgehead atoms. The SMILES string of the molecule is CC(C)S(=O)(=O)Nc1ccc(C(=O)Nc2ccc(-c3ncco3)cc2)cc1. The van der Waals surface area contributed by atoms with Crippen molar-refractivity contribution in [2.75, 3.05) is 10.0 Å². The van der Waals surface area contributed by atoms with Gasteiger partial charge in [-0.1, -0.05) is 0 Å². The van der Waals surface area contributed by atoms with E-state index in [0.717, 1.165) is 5.56 Å². The molecule has 3 rings (SSSR count). The van der Waals surface area contributed by atoms with Crippen LogP contribution in [0.25, 0.3) is 11.5 Å². The molecule has 1 heterocycles. The number of carbonyl (C=O) groups excluding carboxylic acids is 1. The van der Waals surface area contributed by atoms with Crippen molar-refractivity contribution >= 4 is 27.3 Å². The molecule has 0 atom stereocenters. The van der Waals surface area contributed by atoms with Gasteiger partial charge in [0.1, 0.15) is 6.26 Å². The Hall–Kier alpha value is -3.13. The predicted octanol–water partition coefficient (Wildman–Crippen LogP) is 3.74. The summed E-state index contributed by atoms with van der Waals surface area (Å²) in [6, 6.07) is 13.3. The molecule has 2 N–H and O–H groups in total. The van der Waals surface area contributed by atoms with Crippen LogP contribution >= 0.6 is 0 Å². The number of hydrogen-bond acceptors (Lipinski definition) is 5. The Morgan fingerprint density at radius 1 is 1.00 bits per heavy atom. The summed E-state index contributed by atoms with van der Waals surface area (Å²) in [5.41, 5.74) is 2.26. The van der Waals surface area contributed by atoms with Gasteiger partial charge in [0.05, 0.1) is 11.4 Å². The van der Waals surface area contributed by atoms with Gasteiger partial charge in [-0.05, 0) is 62.4 Å². The summed E-state index contributed by atoms with van der Waals surface area (Å²) in [4.78, 5) is 16.4. The molecule has 27 heavy (non-hydrogen) atoms. The van der Waals surface area contributed by atoms with Crippen molar-refractivity contribution in [1.82, 2.24) is 4.98 Å². The van der Waals surface area contributed by atoms with Gasteiger partial charge in [-0.3, -0.25) is 9.52 Å². The van der Waals surface area contributed by atoms with E-state index < -0.39 is 15.3 Å². The number of rotatable bonds is 6. The van der Waals surface area contributed by atoms with Gasteiger partial charge in [-0.2, -0.15) is 0 Å². The first-order valence-corrected chi connectivity index (χ1v) is 9.83. The maximum Gasteiger partial charge on any atom is 0.255 e. The van der Waals surface area contributed by atoms with E-state index in [-0.39, 0.29) is 5.91 Å². The number of carbonyl (C=O) groups is 1. The van der Waals surface area contributed by atoms with Crippen molar-refractivity contribution < 1.29 is 17.6 Å². The molecule has 0 radical (unpaired) electrons. The fourth-order valence-corrected chi connectivity index (χ4v) is 2.94. The molecule has 8 heteroatoms. The first-order chi connectivity index (χ1) is 12.8. The molecule has 0 aliphatic rings. The van der Waals surface area contributed by atoms with Crippen LogP contribution in [0.5, 0.6) is 0 Å². The molecule has 0 saturated heterocycles. The minimum absolute atomic E-state index is 0.294. The average molecular weight is 385 g/mol. The first-order valence-electron chi connectivity index (χ1n) is 8.28. The van der Waals surface area contributed by atoms with Gasteiger partial charge >= 0.3 is 0 Å². The van der Waals surface area contributed by atoms with Crippen molar-refractivity contribution in [3.8, 4) is 11.5 Å². The van der Waals surface area contributed by atoms with Crippen LogP contribution in [0, 0.1) is 0 Å². The molecule has 0 aliphatic carbocycles. The monoisotopic (exact) mass is 385 g/mol. The van der Waals surface area contributed by atoms with Crippen LogP contribution in [0.2, 0.25) is 0 Å². The van der Waals surface area contributed by atoms with Gasteiger partial charge in [0.15, 0.2) is 0 Å². The Bertz CT molecular complexity index is 1010. The van der Waals surface area contributed by atoms with Crippen LogP contribution in [0.1, 0.15) is 24.2 Å². The quantitative estimate of drug-likeness (QED) is 0.673. The topological polar surface area (TPSA) is 101 Å². The largest absolute Gasteiger partial charge is 0.445 e. The minimum Gasteiger partial charge on any atom is -0.445 e. The van der Waals surface area contributed by atoms with Crippen LogP contribution in [0.4, 0.5) is 11.4 Å². The number of aromatic nitrogens is 1. The summed E-state index contributed by atoms with van der Waals surface area (Å²) in [6.45, 7) is 3.19. The predicted molar refractivity (Wildman–Crippen MR) is 104 cm³/mol. The second kappa shape index (κ2) is 7.63. The Morgan fingerprint density at radius 2 is 1.63 bits per heavy atom. The Kier molecular flexibility index (Phi) is 5.27. The highest BCUT2D eigenvalue weighted by Crippen LogP contribution is 2.20.